The highest BCUT2D eigenvalue weighted by molar-refractivity contribution is 6.04. The number of nitrogens with zero attached hydrogens (tertiary/aromatic N) is 2. The number of hydrogen-bond donors (Lipinski definition) is 1. The molecule has 24 heavy (non-hydrogen) atoms. The monoisotopic (exact) mass is 323 g/mol. The fraction of sp³-hybridized carbons (Fsp3) is 0.0556. The number of nitrogens with one attached hydrogen (secondary N) is 1. The number of ether oxygens (including phenoxy) is 1. The minimum atomic E-state index is -0.367. The van der Waals surface area contributed by atoms with Crippen molar-refractivity contribution in [3.05, 3.63) is 72.3 Å². The first kappa shape index (κ1) is 15.6. The third kappa shape index (κ3) is 3.38. The quantitative estimate of drug-likeness (QED) is 0.797. The number of anilines is 1. The Morgan fingerprint density at radius 1 is 1.08 bits per heavy atom. The van der Waals surface area contributed by atoms with Gasteiger partial charge in [0.1, 0.15) is 11.6 Å². The van der Waals surface area contributed by atoms with Crippen LogP contribution in [0.1, 0.15) is 10.4 Å². The first-order valence-corrected chi connectivity index (χ1v) is 7.20. The summed E-state index contributed by atoms with van der Waals surface area (Å²) in [5, 5.41) is 2.74. The van der Waals surface area contributed by atoms with E-state index in [1.807, 2.05) is 6.07 Å². The van der Waals surface area contributed by atoms with E-state index in [9.17, 15) is 9.18 Å². The van der Waals surface area contributed by atoms with Crippen LogP contribution in [0.2, 0.25) is 0 Å². The number of para-hydroxylation sites is 2. The number of methoxy groups -OCH3 is 1. The summed E-state index contributed by atoms with van der Waals surface area (Å²) >= 11 is 0. The topological polar surface area (TPSA) is 64.1 Å². The maximum absolute atomic E-state index is 13.2. The van der Waals surface area contributed by atoms with Gasteiger partial charge in [0.2, 0.25) is 0 Å². The van der Waals surface area contributed by atoms with Gasteiger partial charge in [-0.15, -0.1) is 0 Å². The molecule has 1 heterocycles. The lowest BCUT2D eigenvalue weighted by Crippen LogP contribution is -2.13. The van der Waals surface area contributed by atoms with Gasteiger partial charge in [0.05, 0.1) is 18.4 Å². The summed E-state index contributed by atoms with van der Waals surface area (Å²) in [5.74, 6) is 0.186. The van der Waals surface area contributed by atoms with E-state index in [1.54, 1.807) is 30.3 Å². The molecule has 0 atom stereocenters. The number of hydrogen-bond acceptors (Lipinski definition) is 4. The second-order valence-corrected chi connectivity index (χ2v) is 4.96. The molecular weight excluding hydrogens is 309 g/mol. The summed E-state index contributed by atoms with van der Waals surface area (Å²) in [6, 6.07) is 13.1. The Hall–Kier alpha value is -3.28. The zero-order valence-electron chi connectivity index (χ0n) is 12.9. The third-order valence-corrected chi connectivity index (χ3v) is 3.35. The molecule has 0 saturated carbocycles. The summed E-state index contributed by atoms with van der Waals surface area (Å²) in [4.78, 5) is 20.5. The van der Waals surface area contributed by atoms with Crippen molar-refractivity contribution in [2.75, 3.05) is 12.4 Å². The average Bonchev–Trinajstić information content (AvgIpc) is 2.62. The van der Waals surface area contributed by atoms with Crippen LogP contribution in [0.15, 0.2) is 60.9 Å². The highest BCUT2D eigenvalue weighted by Crippen LogP contribution is 2.23. The molecular formula is C18H14FN3O2. The second-order valence-electron chi connectivity index (χ2n) is 4.96. The molecule has 2 aromatic carbocycles. The van der Waals surface area contributed by atoms with E-state index in [0.717, 1.165) is 0 Å². The van der Waals surface area contributed by atoms with Crippen molar-refractivity contribution >= 4 is 11.6 Å². The van der Waals surface area contributed by atoms with Crippen LogP contribution in [-0.2, 0) is 0 Å². The molecule has 3 aromatic rings. The van der Waals surface area contributed by atoms with Gasteiger partial charge in [-0.3, -0.25) is 4.79 Å². The Kier molecular flexibility index (Phi) is 4.47. The van der Waals surface area contributed by atoms with E-state index in [0.29, 0.717) is 28.4 Å². The number of aromatic nitrogens is 2. The lowest BCUT2D eigenvalue weighted by atomic mass is 10.2. The number of rotatable bonds is 4. The number of halogens is 1. The zero-order valence-corrected chi connectivity index (χ0v) is 12.9. The Bertz CT molecular complexity index is 866. The molecule has 0 bridgehead atoms. The van der Waals surface area contributed by atoms with Crippen LogP contribution in [-0.4, -0.2) is 23.0 Å². The summed E-state index contributed by atoms with van der Waals surface area (Å²) < 4.78 is 18.4. The van der Waals surface area contributed by atoms with Crippen LogP contribution >= 0.6 is 0 Å². The number of carbonyl (C=O) groups excluding carboxylic acids is 1. The lowest BCUT2D eigenvalue weighted by molar-refractivity contribution is 0.102. The minimum Gasteiger partial charge on any atom is -0.495 e. The molecule has 3 rings (SSSR count). The van der Waals surface area contributed by atoms with Crippen LogP contribution in [0.25, 0.3) is 11.4 Å². The van der Waals surface area contributed by atoms with E-state index in [4.69, 9.17) is 4.74 Å². The van der Waals surface area contributed by atoms with Gasteiger partial charge in [0.15, 0.2) is 5.82 Å². The first-order chi connectivity index (χ1) is 11.7. The Balaban J connectivity index is 1.79. The molecule has 1 aromatic heterocycles. The van der Waals surface area contributed by atoms with Crippen LogP contribution in [0.4, 0.5) is 10.1 Å². The maximum atomic E-state index is 13.2. The molecule has 1 N–H and O–H groups in total. The van der Waals surface area contributed by atoms with Crippen LogP contribution in [0.3, 0.4) is 0 Å². The van der Waals surface area contributed by atoms with E-state index in [-0.39, 0.29) is 11.7 Å². The van der Waals surface area contributed by atoms with Gasteiger partial charge >= 0.3 is 0 Å². The molecule has 120 valence electrons. The van der Waals surface area contributed by atoms with E-state index >= 15 is 0 Å². The largest absolute Gasteiger partial charge is 0.495 e. The van der Waals surface area contributed by atoms with Crippen LogP contribution in [0.5, 0.6) is 5.75 Å². The molecule has 0 aliphatic carbocycles. The smallest absolute Gasteiger partial charge is 0.258 e. The first-order valence-electron chi connectivity index (χ1n) is 7.20. The van der Waals surface area contributed by atoms with Crippen molar-refractivity contribution in [1.82, 2.24) is 9.97 Å². The van der Waals surface area contributed by atoms with Gasteiger partial charge in [-0.1, -0.05) is 24.3 Å². The van der Waals surface area contributed by atoms with E-state index < -0.39 is 0 Å². The predicted molar refractivity (Wildman–Crippen MR) is 88.4 cm³/mol. The maximum Gasteiger partial charge on any atom is 0.258 e. The van der Waals surface area contributed by atoms with Gasteiger partial charge in [0.25, 0.3) is 5.91 Å². The Labute approximate surface area is 138 Å². The van der Waals surface area contributed by atoms with Gasteiger partial charge in [-0.2, -0.15) is 0 Å². The van der Waals surface area contributed by atoms with Crippen molar-refractivity contribution in [2.24, 2.45) is 0 Å². The molecule has 0 aliphatic heterocycles. The molecule has 0 aliphatic rings. The zero-order chi connectivity index (χ0) is 16.9. The van der Waals surface area contributed by atoms with Gasteiger partial charge in [0, 0.05) is 18.0 Å². The summed E-state index contributed by atoms with van der Waals surface area (Å²) in [6.07, 6.45) is 2.80. The molecule has 1 amide bonds. The highest BCUT2D eigenvalue weighted by Gasteiger charge is 2.11. The SMILES string of the molecule is COc1ccccc1NC(=O)c1cnc(-c2cccc(F)c2)nc1. The van der Waals surface area contributed by atoms with E-state index in [2.05, 4.69) is 15.3 Å². The Morgan fingerprint density at radius 3 is 2.54 bits per heavy atom. The fourth-order valence-corrected chi connectivity index (χ4v) is 2.16. The van der Waals surface area contributed by atoms with Crippen molar-refractivity contribution in [2.45, 2.75) is 0 Å². The number of amides is 1. The van der Waals surface area contributed by atoms with Gasteiger partial charge < -0.3 is 10.1 Å². The predicted octanol–water partition coefficient (Wildman–Crippen LogP) is 3.54. The second kappa shape index (κ2) is 6.87. The molecule has 0 saturated heterocycles. The molecule has 5 nitrogen and oxygen atoms in total. The summed E-state index contributed by atoms with van der Waals surface area (Å²) in [5.41, 5.74) is 1.40. The number of benzene rings is 2. The molecule has 0 spiro atoms. The minimum absolute atomic E-state index is 0.293. The molecule has 0 radical (unpaired) electrons. The average molecular weight is 323 g/mol. The van der Waals surface area contributed by atoms with Crippen molar-refractivity contribution in [3.63, 3.8) is 0 Å². The van der Waals surface area contributed by atoms with Crippen molar-refractivity contribution < 1.29 is 13.9 Å². The van der Waals surface area contributed by atoms with E-state index in [1.165, 1.54) is 31.6 Å². The molecule has 6 heteroatoms. The molecule has 0 fully saturated rings. The van der Waals surface area contributed by atoms with Crippen molar-refractivity contribution in [3.8, 4) is 17.1 Å². The summed E-state index contributed by atoms with van der Waals surface area (Å²) in [7, 11) is 1.53. The van der Waals surface area contributed by atoms with Crippen molar-refractivity contribution in [1.29, 1.82) is 0 Å². The fourth-order valence-electron chi connectivity index (χ4n) is 2.16. The standard InChI is InChI=1S/C18H14FN3O2/c1-24-16-8-3-2-7-15(16)22-18(23)13-10-20-17(21-11-13)12-5-4-6-14(19)9-12/h2-11H,1H3,(H,22,23). The highest BCUT2D eigenvalue weighted by atomic mass is 19.1. The number of carbonyl (C=O) groups is 1. The normalized spacial score (nSPS) is 10.2. The lowest BCUT2D eigenvalue weighted by Gasteiger charge is -2.09. The molecule has 0 unspecified atom stereocenters. The third-order valence-electron chi connectivity index (χ3n) is 3.35. The van der Waals surface area contributed by atoms with Crippen LogP contribution < -0.4 is 10.1 Å². The Morgan fingerprint density at radius 2 is 1.83 bits per heavy atom. The summed E-state index contributed by atoms with van der Waals surface area (Å²) in [6.45, 7) is 0. The van der Waals surface area contributed by atoms with Gasteiger partial charge in [-0.05, 0) is 24.3 Å². The van der Waals surface area contributed by atoms with Gasteiger partial charge in [-0.25, -0.2) is 14.4 Å². The van der Waals surface area contributed by atoms with Crippen LogP contribution in [0, 0.1) is 5.82 Å².